The molecule has 29 heavy (non-hydrogen) atoms. The number of amides is 1. The molecule has 0 unspecified atom stereocenters. The molecule has 4 rings (SSSR count). The van der Waals surface area contributed by atoms with Crippen LogP contribution in [0.2, 0.25) is 0 Å². The van der Waals surface area contributed by atoms with Crippen LogP contribution in [-0.4, -0.2) is 36.9 Å². The van der Waals surface area contributed by atoms with E-state index in [4.69, 9.17) is 9.47 Å². The molecule has 1 aliphatic carbocycles. The van der Waals surface area contributed by atoms with Crippen molar-refractivity contribution in [2.24, 2.45) is 5.92 Å². The van der Waals surface area contributed by atoms with E-state index in [1.54, 1.807) is 14.2 Å². The molecule has 0 radical (unpaired) electrons. The Bertz CT molecular complexity index is 863. The van der Waals surface area contributed by atoms with Crippen LogP contribution in [0.15, 0.2) is 24.3 Å². The zero-order chi connectivity index (χ0) is 20.2. The lowest BCUT2D eigenvalue weighted by atomic mass is 9.89. The number of rotatable bonds is 5. The normalized spacial score (nSPS) is 16.8. The molecule has 2 aromatic rings. The van der Waals surface area contributed by atoms with Crippen LogP contribution in [0.1, 0.15) is 43.2 Å². The number of anilines is 2. The number of nitrogens with one attached hydrogen (secondary N) is 1. The Morgan fingerprint density at radius 2 is 1.76 bits per heavy atom. The molecule has 0 bridgehead atoms. The molecule has 2 heterocycles. The summed E-state index contributed by atoms with van der Waals surface area (Å²) in [7, 11) is 3.31. The van der Waals surface area contributed by atoms with E-state index < -0.39 is 0 Å². The van der Waals surface area contributed by atoms with Crippen molar-refractivity contribution in [2.75, 3.05) is 31.0 Å². The number of hydrogen-bond acceptors (Lipinski definition) is 6. The smallest absolute Gasteiger partial charge is 0.228 e. The minimum atomic E-state index is 0.0692. The summed E-state index contributed by atoms with van der Waals surface area (Å²) in [5, 5.41) is 11.5. The molecular weight excluding hydrogens is 368 g/mol. The van der Waals surface area contributed by atoms with Crippen LogP contribution < -0.4 is 19.7 Å². The molecule has 1 N–H and O–H groups in total. The van der Waals surface area contributed by atoms with E-state index in [1.807, 2.05) is 18.2 Å². The lowest BCUT2D eigenvalue weighted by molar-refractivity contribution is -0.120. The Hall–Kier alpha value is -2.83. The number of nitrogens with zero attached hydrogens (tertiary/aromatic N) is 3. The SMILES string of the molecule is COc1cc2c(cc1OC)CN(c1ccc(NC(=O)C3CCCCC3)nn1)CC2. The first-order valence-corrected chi connectivity index (χ1v) is 10.3. The summed E-state index contributed by atoms with van der Waals surface area (Å²) in [4.78, 5) is 14.6. The minimum Gasteiger partial charge on any atom is -0.493 e. The van der Waals surface area contributed by atoms with E-state index in [0.29, 0.717) is 5.82 Å². The molecule has 1 amide bonds. The third kappa shape index (κ3) is 4.28. The van der Waals surface area contributed by atoms with Gasteiger partial charge in [-0.1, -0.05) is 19.3 Å². The summed E-state index contributed by atoms with van der Waals surface area (Å²) in [6.07, 6.45) is 6.34. The molecule has 7 nitrogen and oxygen atoms in total. The number of ether oxygens (including phenoxy) is 2. The van der Waals surface area contributed by atoms with Gasteiger partial charge in [-0.2, -0.15) is 0 Å². The van der Waals surface area contributed by atoms with Gasteiger partial charge in [-0.15, -0.1) is 10.2 Å². The van der Waals surface area contributed by atoms with E-state index in [9.17, 15) is 4.79 Å². The molecule has 1 fully saturated rings. The van der Waals surface area contributed by atoms with Crippen LogP contribution in [0.5, 0.6) is 11.5 Å². The number of aromatic nitrogens is 2. The number of benzene rings is 1. The lowest BCUT2D eigenvalue weighted by Gasteiger charge is -2.30. The van der Waals surface area contributed by atoms with Gasteiger partial charge in [0.05, 0.1) is 14.2 Å². The van der Waals surface area contributed by atoms with E-state index in [-0.39, 0.29) is 11.8 Å². The molecule has 1 aliphatic heterocycles. The third-order valence-corrected chi connectivity index (χ3v) is 5.92. The molecule has 1 aromatic carbocycles. The highest BCUT2D eigenvalue weighted by Gasteiger charge is 2.23. The van der Waals surface area contributed by atoms with Crippen molar-refractivity contribution in [1.82, 2.24) is 10.2 Å². The second-order valence-electron chi connectivity index (χ2n) is 7.75. The first-order chi connectivity index (χ1) is 14.2. The maximum Gasteiger partial charge on any atom is 0.228 e. The van der Waals surface area contributed by atoms with Gasteiger partial charge >= 0.3 is 0 Å². The fourth-order valence-electron chi connectivity index (χ4n) is 4.23. The average Bonchev–Trinajstić information content (AvgIpc) is 2.78. The van der Waals surface area contributed by atoms with Gasteiger partial charge in [0, 0.05) is 19.0 Å². The predicted octanol–water partition coefficient (Wildman–Crippen LogP) is 3.58. The van der Waals surface area contributed by atoms with Crippen molar-refractivity contribution in [3.8, 4) is 11.5 Å². The van der Waals surface area contributed by atoms with Gasteiger partial charge in [-0.3, -0.25) is 4.79 Å². The van der Waals surface area contributed by atoms with Crippen molar-refractivity contribution in [3.05, 3.63) is 35.4 Å². The van der Waals surface area contributed by atoms with Gasteiger partial charge in [0.25, 0.3) is 0 Å². The van der Waals surface area contributed by atoms with Crippen molar-refractivity contribution in [3.63, 3.8) is 0 Å². The van der Waals surface area contributed by atoms with Crippen molar-refractivity contribution in [1.29, 1.82) is 0 Å². The summed E-state index contributed by atoms with van der Waals surface area (Å²) < 4.78 is 10.8. The fraction of sp³-hybridized carbons (Fsp3) is 0.500. The second kappa shape index (κ2) is 8.68. The van der Waals surface area contributed by atoms with Gasteiger partial charge in [0.2, 0.25) is 5.91 Å². The quantitative estimate of drug-likeness (QED) is 0.833. The fourth-order valence-corrected chi connectivity index (χ4v) is 4.23. The number of carbonyl (C=O) groups is 1. The predicted molar refractivity (Wildman–Crippen MR) is 112 cm³/mol. The van der Waals surface area contributed by atoms with E-state index in [2.05, 4.69) is 26.5 Å². The number of methoxy groups -OCH3 is 2. The monoisotopic (exact) mass is 396 g/mol. The molecule has 1 saturated carbocycles. The highest BCUT2D eigenvalue weighted by molar-refractivity contribution is 5.91. The number of hydrogen-bond donors (Lipinski definition) is 1. The van der Waals surface area contributed by atoms with Crippen LogP contribution in [0.25, 0.3) is 0 Å². The lowest BCUT2D eigenvalue weighted by Crippen LogP contribution is -2.31. The summed E-state index contributed by atoms with van der Waals surface area (Å²) >= 11 is 0. The Balaban J connectivity index is 1.42. The standard InChI is InChI=1S/C22H28N4O3/c1-28-18-12-16-10-11-26(14-17(16)13-19(18)29-2)21-9-8-20(24-25-21)23-22(27)15-6-4-3-5-7-15/h8-9,12-13,15H,3-7,10-11,14H2,1-2H3,(H,23,24,27). The summed E-state index contributed by atoms with van der Waals surface area (Å²) in [6.45, 7) is 1.59. The third-order valence-electron chi connectivity index (χ3n) is 5.92. The van der Waals surface area contributed by atoms with Gasteiger partial charge in [0.1, 0.15) is 0 Å². The van der Waals surface area contributed by atoms with Gasteiger partial charge in [-0.05, 0) is 54.7 Å². The summed E-state index contributed by atoms with van der Waals surface area (Å²) in [6, 6.07) is 7.86. The zero-order valence-corrected chi connectivity index (χ0v) is 17.1. The average molecular weight is 396 g/mol. The van der Waals surface area contributed by atoms with Gasteiger partial charge in [0.15, 0.2) is 23.1 Å². The highest BCUT2D eigenvalue weighted by Crippen LogP contribution is 2.34. The van der Waals surface area contributed by atoms with E-state index >= 15 is 0 Å². The first-order valence-electron chi connectivity index (χ1n) is 10.3. The number of fused-ring (bicyclic) bond motifs is 1. The van der Waals surface area contributed by atoms with Gasteiger partial charge < -0.3 is 19.7 Å². The molecule has 0 saturated heterocycles. The van der Waals surface area contributed by atoms with Crippen LogP contribution >= 0.6 is 0 Å². The van der Waals surface area contributed by atoms with E-state index in [0.717, 1.165) is 62.5 Å². The Labute approximate surface area is 171 Å². The summed E-state index contributed by atoms with van der Waals surface area (Å²) in [5.41, 5.74) is 2.47. The van der Waals surface area contributed by atoms with Crippen LogP contribution in [0, 0.1) is 5.92 Å². The van der Waals surface area contributed by atoms with Crippen LogP contribution in [0.4, 0.5) is 11.6 Å². The molecule has 0 spiro atoms. The largest absolute Gasteiger partial charge is 0.493 e. The van der Waals surface area contributed by atoms with E-state index in [1.165, 1.54) is 17.5 Å². The van der Waals surface area contributed by atoms with Crippen molar-refractivity contribution >= 4 is 17.5 Å². The Morgan fingerprint density at radius 1 is 1.03 bits per heavy atom. The maximum absolute atomic E-state index is 12.4. The van der Waals surface area contributed by atoms with Crippen molar-refractivity contribution in [2.45, 2.75) is 45.1 Å². The molecule has 154 valence electrons. The zero-order valence-electron chi connectivity index (χ0n) is 17.1. The molecule has 0 atom stereocenters. The Kier molecular flexibility index (Phi) is 5.83. The van der Waals surface area contributed by atoms with Crippen LogP contribution in [0.3, 0.4) is 0 Å². The Morgan fingerprint density at radius 3 is 2.41 bits per heavy atom. The highest BCUT2D eigenvalue weighted by atomic mass is 16.5. The molecule has 1 aromatic heterocycles. The van der Waals surface area contributed by atoms with Crippen molar-refractivity contribution < 1.29 is 14.3 Å². The van der Waals surface area contributed by atoms with Gasteiger partial charge in [-0.25, -0.2) is 0 Å². The second-order valence-corrected chi connectivity index (χ2v) is 7.75. The minimum absolute atomic E-state index is 0.0692. The summed E-state index contributed by atoms with van der Waals surface area (Å²) in [5.74, 6) is 3.00. The number of carbonyl (C=O) groups excluding carboxylic acids is 1. The molecule has 2 aliphatic rings. The molecular formula is C22H28N4O3. The maximum atomic E-state index is 12.4. The molecule has 7 heteroatoms. The topological polar surface area (TPSA) is 76.6 Å². The van der Waals surface area contributed by atoms with Crippen LogP contribution in [-0.2, 0) is 17.8 Å². The first kappa shape index (κ1) is 19.5.